The zero-order valence-electron chi connectivity index (χ0n) is 15.6. The molecule has 0 fully saturated rings. The van der Waals surface area contributed by atoms with E-state index in [1.165, 1.54) is 0 Å². The molecule has 136 valence electrons. The summed E-state index contributed by atoms with van der Waals surface area (Å²) in [6.45, 7) is 5.47. The predicted octanol–water partition coefficient (Wildman–Crippen LogP) is 4.34. The number of fused-ring (bicyclic) bond motifs is 1. The van der Waals surface area contributed by atoms with E-state index in [1.54, 1.807) is 11.9 Å². The van der Waals surface area contributed by atoms with Gasteiger partial charge in [0.25, 0.3) is 0 Å². The summed E-state index contributed by atoms with van der Waals surface area (Å²) in [7, 11) is 1.80. The predicted molar refractivity (Wildman–Crippen MR) is 103 cm³/mol. The standard InChI is InChI=1S/C21H24N2O3/c1-21(2,3)26-20(25)22-17-11-7-5-9-14(17)13-16-15-10-6-8-12-18(15)23(4)19(16)24/h5-12,16H,13H2,1-4H3,(H,22,25). The van der Waals surface area contributed by atoms with Crippen LogP contribution in [0.15, 0.2) is 48.5 Å². The number of benzene rings is 2. The van der Waals surface area contributed by atoms with E-state index in [9.17, 15) is 9.59 Å². The lowest BCUT2D eigenvalue weighted by Crippen LogP contribution is -2.28. The van der Waals surface area contributed by atoms with Gasteiger partial charge in [0.1, 0.15) is 5.60 Å². The van der Waals surface area contributed by atoms with Crippen molar-refractivity contribution in [2.45, 2.75) is 38.7 Å². The van der Waals surface area contributed by atoms with Crippen molar-refractivity contribution in [1.82, 2.24) is 0 Å². The van der Waals surface area contributed by atoms with Crippen LogP contribution in [0, 0.1) is 0 Å². The number of hydrogen-bond donors (Lipinski definition) is 1. The monoisotopic (exact) mass is 352 g/mol. The molecule has 26 heavy (non-hydrogen) atoms. The number of ether oxygens (including phenoxy) is 1. The van der Waals surface area contributed by atoms with Crippen molar-refractivity contribution in [2.75, 3.05) is 17.3 Å². The highest BCUT2D eigenvalue weighted by atomic mass is 16.6. The van der Waals surface area contributed by atoms with Gasteiger partial charge in [0.05, 0.1) is 5.92 Å². The molecule has 1 aliphatic heterocycles. The quantitative estimate of drug-likeness (QED) is 0.894. The van der Waals surface area contributed by atoms with E-state index in [0.717, 1.165) is 16.8 Å². The van der Waals surface area contributed by atoms with Crippen LogP contribution in [0.5, 0.6) is 0 Å². The topological polar surface area (TPSA) is 58.6 Å². The van der Waals surface area contributed by atoms with Gasteiger partial charge in [-0.3, -0.25) is 10.1 Å². The summed E-state index contributed by atoms with van der Waals surface area (Å²) in [6, 6.07) is 15.3. The summed E-state index contributed by atoms with van der Waals surface area (Å²) < 4.78 is 5.34. The van der Waals surface area contributed by atoms with Gasteiger partial charge in [0.15, 0.2) is 0 Å². The van der Waals surface area contributed by atoms with Gasteiger partial charge in [-0.05, 0) is 50.5 Å². The summed E-state index contributed by atoms with van der Waals surface area (Å²) >= 11 is 0. The molecule has 2 aromatic carbocycles. The molecule has 5 nitrogen and oxygen atoms in total. The van der Waals surface area contributed by atoms with E-state index in [0.29, 0.717) is 12.1 Å². The van der Waals surface area contributed by atoms with Crippen LogP contribution in [0.4, 0.5) is 16.2 Å². The van der Waals surface area contributed by atoms with Crippen LogP contribution in [0.3, 0.4) is 0 Å². The summed E-state index contributed by atoms with van der Waals surface area (Å²) in [4.78, 5) is 26.5. The second kappa shape index (κ2) is 6.83. The molecule has 0 spiro atoms. The number of nitrogens with zero attached hydrogens (tertiary/aromatic N) is 1. The molecule has 0 saturated carbocycles. The van der Waals surface area contributed by atoms with Gasteiger partial charge in [-0.15, -0.1) is 0 Å². The summed E-state index contributed by atoms with van der Waals surface area (Å²) in [6.07, 6.45) is 0.0202. The first-order chi connectivity index (χ1) is 12.3. The Bertz CT molecular complexity index is 839. The number of anilines is 2. The summed E-state index contributed by atoms with van der Waals surface area (Å²) in [5.41, 5.74) is 2.97. The molecule has 0 radical (unpaired) electrons. The van der Waals surface area contributed by atoms with Gasteiger partial charge in [0.2, 0.25) is 5.91 Å². The van der Waals surface area contributed by atoms with Gasteiger partial charge >= 0.3 is 6.09 Å². The molecule has 0 aliphatic carbocycles. The Morgan fingerprint density at radius 2 is 1.77 bits per heavy atom. The van der Waals surface area contributed by atoms with E-state index < -0.39 is 11.7 Å². The Balaban J connectivity index is 1.83. The summed E-state index contributed by atoms with van der Waals surface area (Å²) in [5, 5.41) is 2.80. The summed E-state index contributed by atoms with van der Waals surface area (Å²) in [5.74, 6) is -0.184. The van der Waals surface area contributed by atoms with E-state index in [2.05, 4.69) is 5.32 Å². The third-order valence-electron chi connectivity index (χ3n) is 4.38. The average Bonchev–Trinajstić information content (AvgIpc) is 2.80. The smallest absolute Gasteiger partial charge is 0.412 e. The first-order valence-electron chi connectivity index (χ1n) is 8.70. The van der Waals surface area contributed by atoms with Gasteiger partial charge < -0.3 is 9.64 Å². The van der Waals surface area contributed by atoms with Gasteiger partial charge in [-0.2, -0.15) is 0 Å². The lowest BCUT2D eigenvalue weighted by atomic mass is 9.92. The zero-order chi connectivity index (χ0) is 18.9. The number of para-hydroxylation sites is 2. The van der Waals surface area contributed by atoms with Crippen LogP contribution in [0.2, 0.25) is 0 Å². The zero-order valence-corrected chi connectivity index (χ0v) is 15.6. The number of likely N-dealkylation sites (N-methyl/N-ethyl adjacent to an activating group) is 1. The first kappa shape index (κ1) is 18.0. The molecule has 0 bridgehead atoms. The fourth-order valence-corrected chi connectivity index (χ4v) is 3.22. The molecule has 2 aromatic rings. The van der Waals surface area contributed by atoms with Crippen molar-refractivity contribution in [3.8, 4) is 0 Å². The minimum atomic E-state index is -0.567. The Hall–Kier alpha value is -2.82. The van der Waals surface area contributed by atoms with Crippen LogP contribution in [-0.4, -0.2) is 24.6 Å². The number of carbonyl (C=O) groups is 2. The third-order valence-corrected chi connectivity index (χ3v) is 4.38. The first-order valence-corrected chi connectivity index (χ1v) is 8.70. The molecule has 2 amide bonds. The molecule has 1 unspecified atom stereocenters. The van der Waals surface area contributed by atoms with E-state index in [1.807, 2.05) is 69.3 Å². The number of amides is 2. The van der Waals surface area contributed by atoms with Crippen molar-refractivity contribution in [1.29, 1.82) is 0 Å². The second-order valence-electron chi connectivity index (χ2n) is 7.50. The number of hydrogen-bond acceptors (Lipinski definition) is 3. The Morgan fingerprint density at radius 1 is 1.12 bits per heavy atom. The Kier molecular flexibility index (Phi) is 4.72. The maximum absolute atomic E-state index is 12.7. The maximum Gasteiger partial charge on any atom is 0.412 e. The van der Waals surface area contributed by atoms with Crippen LogP contribution in [-0.2, 0) is 16.0 Å². The molecule has 0 saturated heterocycles. The SMILES string of the molecule is CN1C(=O)C(Cc2ccccc2NC(=O)OC(C)(C)C)c2ccccc21. The minimum Gasteiger partial charge on any atom is -0.444 e. The van der Waals surface area contributed by atoms with E-state index in [-0.39, 0.29) is 11.8 Å². The minimum absolute atomic E-state index is 0.0678. The van der Waals surface area contributed by atoms with Crippen LogP contribution in [0.25, 0.3) is 0 Å². The van der Waals surface area contributed by atoms with Crippen molar-refractivity contribution in [3.05, 3.63) is 59.7 Å². The molecule has 1 aliphatic rings. The van der Waals surface area contributed by atoms with Crippen molar-refractivity contribution in [2.24, 2.45) is 0 Å². The molecular formula is C21H24N2O3. The lowest BCUT2D eigenvalue weighted by Gasteiger charge is -2.21. The van der Waals surface area contributed by atoms with Crippen molar-refractivity contribution in [3.63, 3.8) is 0 Å². The highest BCUT2D eigenvalue weighted by Crippen LogP contribution is 2.38. The molecule has 1 atom stereocenters. The van der Waals surface area contributed by atoms with Gasteiger partial charge in [-0.1, -0.05) is 36.4 Å². The number of carbonyl (C=O) groups excluding carboxylic acids is 2. The largest absolute Gasteiger partial charge is 0.444 e. The second-order valence-corrected chi connectivity index (χ2v) is 7.50. The number of nitrogens with one attached hydrogen (secondary N) is 1. The lowest BCUT2D eigenvalue weighted by molar-refractivity contribution is -0.119. The van der Waals surface area contributed by atoms with Crippen LogP contribution >= 0.6 is 0 Å². The van der Waals surface area contributed by atoms with Gasteiger partial charge in [0, 0.05) is 18.4 Å². The normalized spacial score (nSPS) is 16.4. The molecule has 1 heterocycles. The van der Waals surface area contributed by atoms with Crippen molar-refractivity contribution >= 4 is 23.4 Å². The highest BCUT2D eigenvalue weighted by Gasteiger charge is 2.35. The van der Waals surface area contributed by atoms with Gasteiger partial charge in [-0.25, -0.2) is 4.79 Å². The Morgan fingerprint density at radius 3 is 2.50 bits per heavy atom. The Labute approximate surface area is 154 Å². The number of rotatable bonds is 3. The molecule has 3 rings (SSSR count). The molecule has 5 heteroatoms. The average molecular weight is 352 g/mol. The molecular weight excluding hydrogens is 328 g/mol. The van der Waals surface area contributed by atoms with Crippen LogP contribution < -0.4 is 10.2 Å². The highest BCUT2D eigenvalue weighted by molar-refractivity contribution is 6.04. The van der Waals surface area contributed by atoms with E-state index in [4.69, 9.17) is 4.74 Å². The van der Waals surface area contributed by atoms with E-state index >= 15 is 0 Å². The molecule has 1 N–H and O–H groups in total. The fourth-order valence-electron chi connectivity index (χ4n) is 3.22. The van der Waals surface area contributed by atoms with Crippen LogP contribution in [0.1, 0.15) is 37.8 Å². The van der Waals surface area contributed by atoms with Crippen molar-refractivity contribution < 1.29 is 14.3 Å². The third kappa shape index (κ3) is 3.72. The molecule has 0 aromatic heterocycles. The fraction of sp³-hybridized carbons (Fsp3) is 0.333. The maximum atomic E-state index is 12.7.